The highest BCUT2D eigenvalue weighted by molar-refractivity contribution is 5.85. The molecule has 6 heteroatoms. The van der Waals surface area contributed by atoms with Crippen LogP contribution in [0.2, 0.25) is 0 Å². The third-order valence-corrected chi connectivity index (χ3v) is 5.03. The van der Waals surface area contributed by atoms with Crippen molar-refractivity contribution in [3.63, 3.8) is 0 Å². The zero-order valence-corrected chi connectivity index (χ0v) is 17.0. The lowest BCUT2D eigenvalue weighted by molar-refractivity contribution is 0.933. The maximum absolute atomic E-state index is 4.66. The predicted octanol–water partition coefficient (Wildman–Crippen LogP) is 5.14. The summed E-state index contributed by atoms with van der Waals surface area (Å²) in [4.78, 5) is 13.9. The summed E-state index contributed by atoms with van der Waals surface area (Å²) in [6, 6.07) is 30.1. The summed E-state index contributed by atoms with van der Waals surface area (Å²) in [5.74, 6) is 1.17. The molecule has 2 heterocycles. The molecule has 0 spiro atoms. The van der Waals surface area contributed by atoms with Crippen molar-refractivity contribution in [1.82, 2.24) is 19.5 Å². The molecule has 6 nitrogen and oxygen atoms in total. The molecule has 0 fully saturated rings. The van der Waals surface area contributed by atoms with Crippen LogP contribution >= 0.6 is 0 Å². The summed E-state index contributed by atoms with van der Waals surface area (Å²) in [6.07, 6.45) is 1.68. The molecule has 150 valence electrons. The maximum atomic E-state index is 4.66. The molecule has 0 radical (unpaired) electrons. The molecule has 0 saturated carbocycles. The minimum atomic E-state index is 0.426. The van der Waals surface area contributed by atoms with Crippen LogP contribution in [0.1, 0.15) is 5.82 Å². The third-order valence-electron chi connectivity index (χ3n) is 5.03. The van der Waals surface area contributed by atoms with Crippen molar-refractivity contribution >= 4 is 23.2 Å². The molecule has 0 aliphatic rings. The van der Waals surface area contributed by atoms with Crippen LogP contribution in [0.15, 0.2) is 96.1 Å². The van der Waals surface area contributed by atoms with E-state index in [0.717, 1.165) is 39.4 Å². The predicted molar refractivity (Wildman–Crippen MR) is 125 cm³/mol. The summed E-state index contributed by atoms with van der Waals surface area (Å²) in [7, 11) is 1.97. The Balaban J connectivity index is 1.49. The fraction of sp³-hybridized carbons (Fsp3) is 0.0400. The Labute approximate surface area is 180 Å². The Kier molecular flexibility index (Phi) is 4.94. The first-order chi connectivity index (χ1) is 15.3. The van der Waals surface area contributed by atoms with E-state index in [2.05, 4.69) is 25.5 Å². The number of hydrogen-bond donors (Lipinski definition) is 1. The number of nitrogens with one attached hydrogen (secondary N) is 1. The van der Waals surface area contributed by atoms with Crippen LogP contribution < -0.4 is 5.43 Å². The van der Waals surface area contributed by atoms with Gasteiger partial charge in [-0.15, -0.1) is 0 Å². The lowest BCUT2D eigenvalue weighted by atomic mass is 10.1. The molecule has 0 atom stereocenters. The quantitative estimate of drug-likeness (QED) is 0.325. The van der Waals surface area contributed by atoms with Gasteiger partial charge >= 0.3 is 0 Å². The average Bonchev–Trinajstić information content (AvgIpc) is 3.15. The van der Waals surface area contributed by atoms with Gasteiger partial charge in [-0.1, -0.05) is 72.8 Å². The standard InChI is InChI=1S/C25H20N6/c1-31-23-15-9-8-14-20(23)27-24(31)17-26-30-25-28-21(18-10-4-2-5-11-18)16-22(29-25)19-12-6-3-7-13-19/h2-17H,1H3,(H,28,29,30). The van der Waals surface area contributed by atoms with Gasteiger partial charge in [0.1, 0.15) is 0 Å². The van der Waals surface area contributed by atoms with Crippen LogP contribution in [0, 0.1) is 0 Å². The number of benzene rings is 3. The van der Waals surface area contributed by atoms with Crippen molar-refractivity contribution in [2.24, 2.45) is 12.1 Å². The summed E-state index contributed by atoms with van der Waals surface area (Å²) >= 11 is 0. The number of hydrazone groups is 1. The van der Waals surface area contributed by atoms with E-state index in [4.69, 9.17) is 0 Å². The van der Waals surface area contributed by atoms with Gasteiger partial charge in [-0.05, 0) is 18.2 Å². The summed E-state index contributed by atoms with van der Waals surface area (Å²) in [5.41, 5.74) is 8.66. The zero-order valence-electron chi connectivity index (χ0n) is 17.0. The number of anilines is 1. The highest BCUT2D eigenvalue weighted by Crippen LogP contribution is 2.25. The van der Waals surface area contributed by atoms with Crippen molar-refractivity contribution in [1.29, 1.82) is 0 Å². The molecular formula is C25H20N6. The van der Waals surface area contributed by atoms with Crippen molar-refractivity contribution in [2.75, 3.05) is 5.43 Å². The van der Waals surface area contributed by atoms with E-state index in [1.54, 1.807) is 6.21 Å². The van der Waals surface area contributed by atoms with Crippen LogP contribution in [0.4, 0.5) is 5.95 Å². The number of para-hydroxylation sites is 2. The van der Waals surface area contributed by atoms with E-state index < -0.39 is 0 Å². The Morgan fingerprint density at radius 2 is 1.32 bits per heavy atom. The molecule has 2 aromatic heterocycles. The molecule has 0 aliphatic carbocycles. The SMILES string of the molecule is Cn1c(C=NNc2nc(-c3ccccc3)cc(-c3ccccc3)n2)nc2ccccc21. The zero-order chi connectivity index (χ0) is 21.0. The van der Waals surface area contributed by atoms with Gasteiger partial charge in [-0.3, -0.25) is 0 Å². The second-order valence-electron chi connectivity index (χ2n) is 7.08. The van der Waals surface area contributed by atoms with E-state index in [0.29, 0.717) is 5.95 Å². The normalized spacial score (nSPS) is 11.3. The number of imidazole rings is 1. The first-order valence-corrected chi connectivity index (χ1v) is 9.98. The number of aromatic nitrogens is 4. The van der Waals surface area contributed by atoms with Crippen LogP contribution in [0.5, 0.6) is 0 Å². The van der Waals surface area contributed by atoms with Gasteiger partial charge in [0.25, 0.3) is 0 Å². The van der Waals surface area contributed by atoms with Gasteiger partial charge < -0.3 is 4.57 Å². The largest absolute Gasteiger partial charge is 0.326 e. The number of nitrogens with zero attached hydrogens (tertiary/aromatic N) is 5. The number of rotatable bonds is 5. The molecule has 3 aromatic carbocycles. The Bertz CT molecular complexity index is 1300. The van der Waals surface area contributed by atoms with E-state index >= 15 is 0 Å². The second-order valence-corrected chi connectivity index (χ2v) is 7.08. The fourth-order valence-corrected chi connectivity index (χ4v) is 3.44. The van der Waals surface area contributed by atoms with Crippen LogP contribution in [0.25, 0.3) is 33.5 Å². The molecule has 1 N–H and O–H groups in total. The number of aryl methyl sites for hydroxylation is 1. The second kappa shape index (κ2) is 8.20. The van der Waals surface area contributed by atoms with E-state index in [1.165, 1.54) is 0 Å². The average molecular weight is 404 g/mol. The van der Waals surface area contributed by atoms with Crippen LogP contribution in [-0.4, -0.2) is 25.7 Å². The minimum Gasteiger partial charge on any atom is -0.326 e. The van der Waals surface area contributed by atoms with Crippen molar-refractivity contribution in [3.05, 3.63) is 96.8 Å². The van der Waals surface area contributed by atoms with Gasteiger partial charge in [-0.2, -0.15) is 5.10 Å². The van der Waals surface area contributed by atoms with Crippen molar-refractivity contribution in [2.45, 2.75) is 0 Å². The van der Waals surface area contributed by atoms with Crippen molar-refractivity contribution in [3.8, 4) is 22.5 Å². The molecule has 0 unspecified atom stereocenters. The Hall–Kier alpha value is -4.32. The summed E-state index contributed by atoms with van der Waals surface area (Å²) < 4.78 is 2.00. The first kappa shape index (κ1) is 18.7. The molecule has 5 rings (SSSR count). The first-order valence-electron chi connectivity index (χ1n) is 9.98. The molecule has 5 aromatic rings. The molecule has 0 bridgehead atoms. The van der Waals surface area contributed by atoms with Gasteiger partial charge in [0.05, 0.1) is 28.6 Å². The molecule has 31 heavy (non-hydrogen) atoms. The highest BCUT2D eigenvalue weighted by atomic mass is 15.4. The monoisotopic (exact) mass is 404 g/mol. The summed E-state index contributed by atoms with van der Waals surface area (Å²) in [5, 5.41) is 4.35. The third kappa shape index (κ3) is 3.91. The number of fused-ring (bicyclic) bond motifs is 1. The summed E-state index contributed by atoms with van der Waals surface area (Å²) in [6.45, 7) is 0. The Morgan fingerprint density at radius 3 is 1.94 bits per heavy atom. The fourth-order valence-electron chi connectivity index (χ4n) is 3.44. The highest BCUT2D eigenvalue weighted by Gasteiger charge is 2.09. The molecular weight excluding hydrogens is 384 g/mol. The topological polar surface area (TPSA) is 68.0 Å². The Morgan fingerprint density at radius 1 is 0.742 bits per heavy atom. The van der Waals surface area contributed by atoms with Crippen molar-refractivity contribution < 1.29 is 0 Å². The molecule has 0 saturated heterocycles. The van der Waals surface area contributed by atoms with E-state index in [9.17, 15) is 0 Å². The van der Waals surface area contributed by atoms with Crippen LogP contribution in [-0.2, 0) is 7.05 Å². The van der Waals surface area contributed by atoms with Crippen LogP contribution in [0.3, 0.4) is 0 Å². The van der Waals surface area contributed by atoms with Gasteiger partial charge in [0.2, 0.25) is 5.95 Å². The van der Waals surface area contributed by atoms with Gasteiger partial charge in [-0.25, -0.2) is 20.4 Å². The maximum Gasteiger partial charge on any atom is 0.244 e. The van der Waals surface area contributed by atoms with E-state index in [-0.39, 0.29) is 0 Å². The number of hydrogen-bond acceptors (Lipinski definition) is 5. The lowest BCUT2D eigenvalue weighted by Gasteiger charge is -2.08. The molecule has 0 aliphatic heterocycles. The van der Waals surface area contributed by atoms with E-state index in [1.807, 2.05) is 103 Å². The van der Waals surface area contributed by atoms with Gasteiger partial charge in [0.15, 0.2) is 5.82 Å². The molecule has 0 amide bonds. The van der Waals surface area contributed by atoms with Gasteiger partial charge in [0, 0.05) is 18.2 Å². The smallest absolute Gasteiger partial charge is 0.244 e. The lowest BCUT2D eigenvalue weighted by Crippen LogP contribution is -2.02. The minimum absolute atomic E-state index is 0.426.